The quantitative estimate of drug-likeness (QED) is 0.433. The Kier molecular flexibility index (Phi) is 5.70. The third-order valence-corrected chi connectivity index (χ3v) is 3.99. The number of hydrogen-bond donors (Lipinski definition) is 0. The summed E-state index contributed by atoms with van der Waals surface area (Å²) in [5.74, 6) is 0. The van der Waals surface area contributed by atoms with Crippen LogP contribution in [0, 0.1) is 0 Å². The fourth-order valence-electron chi connectivity index (χ4n) is 0.770. The van der Waals surface area contributed by atoms with Crippen LogP contribution in [-0.2, 0) is 0 Å². The number of hydrogen-bond acceptors (Lipinski definition) is 0. The van der Waals surface area contributed by atoms with E-state index in [9.17, 15) is 0 Å². The topological polar surface area (TPSA) is 0 Å². The molecule has 0 rings (SSSR count). The van der Waals surface area contributed by atoms with Gasteiger partial charge in [0, 0.05) is 0 Å². The van der Waals surface area contributed by atoms with E-state index in [1.165, 1.54) is 19.3 Å². The molecule has 0 nitrogen and oxygen atoms in total. The molecule has 0 saturated heterocycles. The Bertz CT molecular complexity index is 103. The largest absolute Gasteiger partial charge is 0.0915 e. The highest BCUT2D eigenvalue weighted by Crippen LogP contribution is 2.03. The Morgan fingerprint density at radius 1 is 1.40 bits per heavy atom. The van der Waals surface area contributed by atoms with E-state index in [0.29, 0.717) is 0 Å². The second-order valence-corrected chi connectivity index (χ2v) is 6.47. The van der Waals surface area contributed by atoms with Crippen molar-refractivity contribution >= 4 is 8.80 Å². The highest BCUT2D eigenvalue weighted by atomic mass is 28.3. The van der Waals surface area contributed by atoms with Crippen LogP contribution < -0.4 is 0 Å². The first-order valence-corrected chi connectivity index (χ1v) is 7.23. The molecule has 0 amide bonds. The fourth-order valence-corrected chi connectivity index (χ4v) is 1.41. The first-order chi connectivity index (χ1) is 4.68. The van der Waals surface area contributed by atoms with Crippen molar-refractivity contribution in [3.63, 3.8) is 0 Å². The molecule has 0 radical (unpaired) electrons. The van der Waals surface area contributed by atoms with Crippen molar-refractivity contribution in [2.24, 2.45) is 0 Å². The van der Waals surface area contributed by atoms with Crippen LogP contribution in [0.25, 0.3) is 0 Å². The van der Waals surface area contributed by atoms with Crippen LogP contribution >= 0.6 is 0 Å². The maximum Gasteiger partial charge on any atom is 0.0587 e. The summed E-state index contributed by atoms with van der Waals surface area (Å²) in [5, 5.41) is 1.67. The molecule has 0 bridgehead atoms. The Labute approximate surface area is 66.9 Å². The molecule has 0 aliphatic heterocycles. The zero-order valence-electron chi connectivity index (χ0n) is 7.78. The van der Waals surface area contributed by atoms with Crippen molar-refractivity contribution in [3.8, 4) is 0 Å². The second-order valence-electron chi connectivity index (χ2n) is 3.25. The van der Waals surface area contributed by atoms with E-state index in [0.717, 1.165) is 0 Å². The molecule has 0 aliphatic carbocycles. The van der Waals surface area contributed by atoms with E-state index >= 15 is 0 Å². The third kappa shape index (κ3) is 4.80. The van der Waals surface area contributed by atoms with Gasteiger partial charge >= 0.3 is 0 Å². The molecule has 0 spiro atoms. The molecule has 0 saturated carbocycles. The van der Waals surface area contributed by atoms with E-state index in [-0.39, 0.29) is 0 Å². The second kappa shape index (κ2) is 5.72. The van der Waals surface area contributed by atoms with E-state index in [2.05, 4.69) is 33.0 Å². The summed E-state index contributed by atoms with van der Waals surface area (Å²) in [4.78, 5) is 0. The fraction of sp³-hybridized carbons (Fsp3) is 0.778. The molecular weight excluding hydrogens is 136 g/mol. The van der Waals surface area contributed by atoms with Crippen LogP contribution in [0.15, 0.2) is 11.3 Å². The van der Waals surface area contributed by atoms with Gasteiger partial charge in [0.15, 0.2) is 0 Å². The van der Waals surface area contributed by atoms with Crippen molar-refractivity contribution in [2.75, 3.05) is 0 Å². The van der Waals surface area contributed by atoms with Crippen LogP contribution in [0.5, 0.6) is 0 Å². The average molecular weight is 156 g/mol. The minimum absolute atomic E-state index is 0.446. The molecular formula is C9H20Si. The predicted octanol–water partition coefficient (Wildman–Crippen LogP) is 3.15. The maximum absolute atomic E-state index is 2.43. The van der Waals surface area contributed by atoms with Gasteiger partial charge in [-0.3, -0.25) is 0 Å². The highest BCUT2D eigenvalue weighted by molar-refractivity contribution is 6.63. The molecule has 0 atom stereocenters. The summed E-state index contributed by atoms with van der Waals surface area (Å²) in [6.45, 7) is 9.30. The van der Waals surface area contributed by atoms with Gasteiger partial charge in [0.25, 0.3) is 0 Å². The summed E-state index contributed by atoms with van der Waals surface area (Å²) in [6, 6.07) is 0. The molecule has 60 valence electrons. The Hall–Kier alpha value is -0.0431. The molecule has 0 aromatic rings. The number of rotatable bonds is 4. The zero-order chi connectivity index (χ0) is 7.98. The minimum Gasteiger partial charge on any atom is -0.0915 e. The Morgan fingerprint density at radius 3 is 2.40 bits per heavy atom. The summed E-state index contributed by atoms with van der Waals surface area (Å²) in [5.41, 5.74) is 0. The SMILES string of the molecule is CCCCC=C(C)[SiH](C)C. The van der Waals surface area contributed by atoms with Crippen molar-refractivity contribution in [1.82, 2.24) is 0 Å². The Morgan fingerprint density at radius 2 is 2.00 bits per heavy atom. The molecule has 0 unspecified atom stereocenters. The monoisotopic (exact) mass is 156 g/mol. The van der Waals surface area contributed by atoms with E-state index < -0.39 is 8.80 Å². The number of unbranched alkanes of at least 4 members (excludes halogenated alkanes) is 2. The number of allylic oxidation sites excluding steroid dienone is 2. The van der Waals surface area contributed by atoms with Crippen LogP contribution in [-0.4, -0.2) is 8.80 Å². The van der Waals surface area contributed by atoms with Gasteiger partial charge in [0.2, 0.25) is 0 Å². The normalized spacial score (nSPS) is 12.7. The molecule has 10 heavy (non-hydrogen) atoms. The first kappa shape index (κ1) is 9.96. The smallest absolute Gasteiger partial charge is 0.0587 e. The molecule has 0 aromatic carbocycles. The van der Waals surface area contributed by atoms with Gasteiger partial charge in [0.1, 0.15) is 0 Å². The summed E-state index contributed by atoms with van der Waals surface area (Å²) in [6.07, 6.45) is 6.41. The van der Waals surface area contributed by atoms with Crippen molar-refractivity contribution < 1.29 is 0 Å². The lowest BCUT2D eigenvalue weighted by atomic mass is 10.2. The van der Waals surface area contributed by atoms with Gasteiger partial charge in [-0.25, -0.2) is 0 Å². The van der Waals surface area contributed by atoms with E-state index in [1.54, 1.807) is 5.20 Å². The van der Waals surface area contributed by atoms with Gasteiger partial charge in [-0.05, 0) is 13.3 Å². The van der Waals surface area contributed by atoms with Gasteiger partial charge < -0.3 is 0 Å². The molecule has 0 N–H and O–H groups in total. The third-order valence-electron chi connectivity index (χ3n) is 1.93. The summed E-state index contributed by atoms with van der Waals surface area (Å²) >= 11 is 0. The van der Waals surface area contributed by atoms with Crippen molar-refractivity contribution in [1.29, 1.82) is 0 Å². The van der Waals surface area contributed by atoms with Gasteiger partial charge in [0.05, 0.1) is 8.80 Å². The van der Waals surface area contributed by atoms with Gasteiger partial charge in [-0.2, -0.15) is 0 Å². The van der Waals surface area contributed by atoms with Crippen molar-refractivity contribution in [2.45, 2.75) is 46.2 Å². The highest BCUT2D eigenvalue weighted by Gasteiger charge is 1.95. The zero-order valence-corrected chi connectivity index (χ0v) is 8.93. The molecule has 0 aliphatic rings. The first-order valence-electron chi connectivity index (χ1n) is 4.35. The summed E-state index contributed by atoms with van der Waals surface area (Å²) < 4.78 is 0. The molecule has 0 aromatic heterocycles. The molecule has 0 fully saturated rings. The molecule has 0 heterocycles. The predicted molar refractivity (Wildman–Crippen MR) is 52.2 cm³/mol. The lowest BCUT2D eigenvalue weighted by Crippen LogP contribution is -2.01. The Balaban J connectivity index is 3.48. The van der Waals surface area contributed by atoms with E-state index in [4.69, 9.17) is 0 Å². The standard InChI is InChI=1S/C9H20Si/c1-5-6-7-8-9(2)10(3)4/h8,10H,5-7H2,1-4H3. The maximum atomic E-state index is 2.43. The van der Waals surface area contributed by atoms with Crippen LogP contribution in [0.3, 0.4) is 0 Å². The van der Waals surface area contributed by atoms with Gasteiger partial charge in [-0.1, -0.05) is 44.1 Å². The lowest BCUT2D eigenvalue weighted by molar-refractivity contribution is 0.813. The van der Waals surface area contributed by atoms with E-state index in [1.807, 2.05) is 0 Å². The van der Waals surface area contributed by atoms with Gasteiger partial charge in [-0.15, -0.1) is 0 Å². The van der Waals surface area contributed by atoms with Crippen LogP contribution in [0.2, 0.25) is 13.1 Å². The summed E-state index contributed by atoms with van der Waals surface area (Å²) in [7, 11) is -0.446. The van der Waals surface area contributed by atoms with Crippen molar-refractivity contribution in [3.05, 3.63) is 11.3 Å². The lowest BCUT2D eigenvalue weighted by Gasteiger charge is -2.01. The van der Waals surface area contributed by atoms with Crippen LogP contribution in [0.4, 0.5) is 0 Å². The average Bonchev–Trinajstić information content (AvgIpc) is 1.88. The molecule has 1 heteroatoms. The van der Waals surface area contributed by atoms with Crippen LogP contribution in [0.1, 0.15) is 33.1 Å². The minimum atomic E-state index is -0.446.